The predicted molar refractivity (Wildman–Crippen MR) is 83.6 cm³/mol. The molecule has 1 aromatic heterocycles. The first-order valence-corrected chi connectivity index (χ1v) is 8.62. The minimum Gasteiger partial charge on any atom is -0.343 e. The summed E-state index contributed by atoms with van der Waals surface area (Å²) in [5, 5.41) is 5.33. The van der Waals surface area contributed by atoms with Crippen molar-refractivity contribution in [3.63, 3.8) is 0 Å². The summed E-state index contributed by atoms with van der Waals surface area (Å²) < 4.78 is 0. The third kappa shape index (κ3) is 3.35. The molecule has 2 aliphatic heterocycles. The first-order chi connectivity index (χ1) is 10.2. The lowest BCUT2D eigenvalue weighted by atomic mass is 9.78. The number of ketones is 1. The number of piperidine rings is 1. The Bertz CT molecular complexity index is 496. The van der Waals surface area contributed by atoms with E-state index in [1.807, 2.05) is 22.4 Å². The summed E-state index contributed by atoms with van der Waals surface area (Å²) in [6.07, 6.45) is 4.13. The number of Topliss-reactive ketones (excluding diaryl/α,β-unsaturated/α-hetero) is 1. The quantitative estimate of drug-likeness (QED) is 0.869. The molecule has 1 spiro atoms. The Kier molecular flexibility index (Phi) is 4.40. The largest absolute Gasteiger partial charge is 0.343 e. The minimum atomic E-state index is 0.0897. The van der Waals surface area contributed by atoms with Crippen LogP contribution in [0.5, 0.6) is 0 Å². The first kappa shape index (κ1) is 14.7. The van der Waals surface area contributed by atoms with Gasteiger partial charge in [-0.1, -0.05) is 6.07 Å². The van der Waals surface area contributed by atoms with Gasteiger partial charge < -0.3 is 10.2 Å². The number of likely N-dealkylation sites (tertiary alicyclic amines) is 1. The molecule has 0 aromatic carbocycles. The molecule has 1 amide bonds. The summed E-state index contributed by atoms with van der Waals surface area (Å²) in [5.74, 6) is 0.229. The predicted octanol–water partition coefficient (Wildman–Crippen LogP) is 2.31. The van der Waals surface area contributed by atoms with Gasteiger partial charge in [0, 0.05) is 32.5 Å². The number of carbonyl (C=O) groups is 2. The fourth-order valence-corrected chi connectivity index (χ4v) is 4.09. The number of amides is 1. The smallest absolute Gasteiger partial charge is 0.223 e. The fourth-order valence-electron chi connectivity index (χ4n) is 3.39. The fraction of sp³-hybridized carbons (Fsp3) is 0.625. The standard InChI is InChI=1S/C16H22N2O2S/c19-13(14-2-1-11-21-14)3-4-15(20)18-9-6-16(7-10-18)5-8-17-12-16/h1-2,11,17H,3-10,12H2. The van der Waals surface area contributed by atoms with Crippen LogP contribution < -0.4 is 5.32 Å². The zero-order valence-corrected chi connectivity index (χ0v) is 13.1. The Hall–Kier alpha value is -1.20. The van der Waals surface area contributed by atoms with Gasteiger partial charge in [0.1, 0.15) is 0 Å². The summed E-state index contributed by atoms with van der Waals surface area (Å²) in [7, 11) is 0. The van der Waals surface area contributed by atoms with Crippen LogP contribution in [0.1, 0.15) is 41.8 Å². The molecule has 1 N–H and O–H groups in total. The van der Waals surface area contributed by atoms with Crippen molar-refractivity contribution in [2.45, 2.75) is 32.1 Å². The lowest BCUT2D eigenvalue weighted by Crippen LogP contribution is -2.44. The Labute approximate surface area is 129 Å². The van der Waals surface area contributed by atoms with Crippen LogP contribution >= 0.6 is 11.3 Å². The number of nitrogens with zero attached hydrogens (tertiary/aromatic N) is 1. The summed E-state index contributed by atoms with van der Waals surface area (Å²) in [6.45, 7) is 3.93. The molecule has 1 aromatic rings. The molecule has 114 valence electrons. The topological polar surface area (TPSA) is 49.4 Å². The highest BCUT2D eigenvalue weighted by Crippen LogP contribution is 2.37. The van der Waals surface area contributed by atoms with Crippen molar-refractivity contribution in [2.24, 2.45) is 5.41 Å². The van der Waals surface area contributed by atoms with Crippen LogP contribution in [-0.4, -0.2) is 42.8 Å². The van der Waals surface area contributed by atoms with Crippen molar-refractivity contribution in [1.29, 1.82) is 0 Å². The van der Waals surface area contributed by atoms with E-state index in [0.29, 0.717) is 18.3 Å². The number of carbonyl (C=O) groups excluding carboxylic acids is 2. The van der Waals surface area contributed by atoms with Gasteiger partial charge in [-0.2, -0.15) is 0 Å². The molecule has 0 unspecified atom stereocenters. The van der Waals surface area contributed by atoms with Gasteiger partial charge in [-0.15, -0.1) is 11.3 Å². The minimum absolute atomic E-state index is 0.0897. The van der Waals surface area contributed by atoms with Crippen LogP contribution in [0.15, 0.2) is 17.5 Å². The average Bonchev–Trinajstić information content (AvgIpc) is 3.17. The number of hydrogen-bond acceptors (Lipinski definition) is 4. The molecule has 0 saturated carbocycles. The highest BCUT2D eigenvalue weighted by Gasteiger charge is 2.37. The second-order valence-corrected chi connectivity index (χ2v) is 7.16. The molecule has 2 saturated heterocycles. The van der Waals surface area contributed by atoms with Gasteiger partial charge in [-0.25, -0.2) is 0 Å². The Morgan fingerprint density at radius 3 is 2.67 bits per heavy atom. The van der Waals surface area contributed by atoms with Crippen LogP contribution in [0.25, 0.3) is 0 Å². The maximum atomic E-state index is 12.2. The Morgan fingerprint density at radius 1 is 1.24 bits per heavy atom. The van der Waals surface area contributed by atoms with Crippen LogP contribution in [0.3, 0.4) is 0 Å². The zero-order chi connectivity index (χ0) is 14.7. The molecule has 2 aliphatic rings. The molecular weight excluding hydrogens is 284 g/mol. The van der Waals surface area contributed by atoms with E-state index >= 15 is 0 Å². The van der Waals surface area contributed by atoms with Crippen molar-refractivity contribution >= 4 is 23.0 Å². The molecule has 0 atom stereocenters. The summed E-state index contributed by atoms with van der Waals surface area (Å²) in [5.41, 5.74) is 0.434. The second kappa shape index (κ2) is 6.28. The van der Waals surface area contributed by atoms with Crippen molar-refractivity contribution in [3.8, 4) is 0 Å². The number of hydrogen-bond donors (Lipinski definition) is 1. The number of nitrogens with one attached hydrogen (secondary N) is 1. The van der Waals surface area contributed by atoms with Crippen molar-refractivity contribution in [1.82, 2.24) is 10.2 Å². The van der Waals surface area contributed by atoms with E-state index in [4.69, 9.17) is 0 Å². The van der Waals surface area contributed by atoms with Gasteiger partial charge in [0.25, 0.3) is 0 Å². The second-order valence-electron chi connectivity index (χ2n) is 6.21. The molecule has 0 bridgehead atoms. The Morgan fingerprint density at radius 2 is 2.05 bits per heavy atom. The molecule has 3 heterocycles. The van der Waals surface area contributed by atoms with E-state index in [0.717, 1.165) is 43.9 Å². The van der Waals surface area contributed by atoms with Gasteiger partial charge in [0.05, 0.1) is 4.88 Å². The molecule has 21 heavy (non-hydrogen) atoms. The SMILES string of the molecule is O=C(CCC(=O)N1CCC2(CCNC2)CC1)c1cccs1. The van der Waals surface area contributed by atoms with E-state index in [2.05, 4.69) is 5.32 Å². The summed E-state index contributed by atoms with van der Waals surface area (Å²) >= 11 is 1.45. The van der Waals surface area contributed by atoms with Crippen molar-refractivity contribution < 1.29 is 9.59 Å². The van der Waals surface area contributed by atoms with Gasteiger partial charge in [-0.05, 0) is 42.7 Å². The van der Waals surface area contributed by atoms with Crippen LogP contribution in [0, 0.1) is 5.41 Å². The lowest BCUT2D eigenvalue weighted by Gasteiger charge is -2.38. The highest BCUT2D eigenvalue weighted by molar-refractivity contribution is 7.12. The Balaban J connectivity index is 1.45. The van der Waals surface area contributed by atoms with Gasteiger partial charge >= 0.3 is 0 Å². The van der Waals surface area contributed by atoms with Gasteiger partial charge in [0.15, 0.2) is 5.78 Å². The molecule has 3 rings (SSSR count). The highest BCUT2D eigenvalue weighted by atomic mass is 32.1. The number of thiophene rings is 1. The van der Waals surface area contributed by atoms with Gasteiger partial charge in [0.2, 0.25) is 5.91 Å². The molecule has 2 fully saturated rings. The maximum Gasteiger partial charge on any atom is 0.223 e. The van der Waals surface area contributed by atoms with Crippen LogP contribution in [-0.2, 0) is 4.79 Å². The van der Waals surface area contributed by atoms with Crippen molar-refractivity contribution in [3.05, 3.63) is 22.4 Å². The summed E-state index contributed by atoms with van der Waals surface area (Å²) in [4.78, 5) is 26.9. The van der Waals surface area contributed by atoms with Crippen LogP contribution in [0.2, 0.25) is 0 Å². The van der Waals surface area contributed by atoms with E-state index in [1.165, 1.54) is 17.8 Å². The third-order valence-electron chi connectivity index (χ3n) is 4.87. The molecule has 4 nitrogen and oxygen atoms in total. The summed E-state index contributed by atoms with van der Waals surface area (Å²) in [6, 6.07) is 3.70. The molecule has 5 heteroatoms. The molecular formula is C16H22N2O2S. The van der Waals surface area contributed by atoms with Gasteiger partial charge in [-0.3, -0.25) is 9.59 Å². The third-order valence-corrected chi connectivity index (χ3v) is 5.78. The average molecular weight is 306 g/mol. The zero-order valence-electron chi connectivity index (χ0n) is 12.3. The van der Waals surface area contributed by atoms with Crippen LogP contribution in [0.4, 0.5) is 0 Å². The van der Waals surface area contributed by atoms with E-state index < -0.39 is 0 Å². The monoisotopic (exact) mass is 306 g/mol. The van der Waals surface area contributed by atoms with E-state index in [9.17, 15) is 9.59 Å². The maximum absolute atomic E-state index is 12.2. The van der Waals surface area contributed by atoms with E-state index in [1.54, 1.807) is 0 Å². The van der Waals surface area contributed by atoms with Crippen molar-refractivity contribution in [2.75, 3.05) is 26.2 Å². The molecule has 0 radical (unpaired) electrons. The number of rotatable bonds is 4. The molecule has 0 aliphatic carbocycles. The van der Waals surface area contributed by atoms with E-state index in [-0.39, 0.29) is 11.7 Å². The first-order valence-electron chi connectivity index (χ1n) is 7.74. The normalized spacial score (nSPS) is 20.9. The lowest BCUT2D eigenvalue weighted by molar-refractivity contribution is -0.133.